The van der Waals surface area contributed by atoms with Crippen LogP contribution in [-0.4, -0.2) is 52.2 Å². The summed E-state index contributed by atoms with van der Waals surface area (Å²) in [5, 5.41) is 4.88. The number of H-pyrrole nitrogens is 1. The Kier molecular flexibility index (Phi) is 5.15. The van der Waals surface area contributed by atoms with E-state index >= 15 is 0 Å². The lowest BCUT2D eigenvalue weighted by Crippen LogP contribution is -2.17. The third kappa shape index (κ3) is 4.05. The van der Waals surface area contributed by atoms with E-state index in [9.17, 15) is 4.79 Å². The van der Waals surface area contributed by atoms with Crippen LogP contribution in [0.2, 0.25) is 0 Å². The van der Waals surface area contributed by atoms with Gasteiger partial charge in [0.15, 0.2) is 11.6 Å². The number of carbonyl (C=O) groups is 1. The van der Waals surface area contributed by atoms with Crippen molar-refractivity contribution in [1.29, 1.82) is 0 Å². The monoisotopic (exact) mass is 391 g/mol. The summed E-state index contributed by atoms with van der Waals surface area (Å²) in [7, 11) is 4.03. The van der Waals surface area contributed by atoms with Crippen LogP contribution in [0.5, 0.6) is 0 Å². The third-order valence-electron chi connectivity index (χ3n) is 5.07. The van der Waals surface area contributed by atoms with Crippen molar-refractivity contribution in [2.24, 2.45) is 4.99 Å². The van der Waals surface area contributed by atoms with Gasteiger partial charge in [-0.3, -0.25) is 4.79 Å². The van der Waals surface area contributed by atoms with Crippen molar-refractivity contribution in [1.82, 2.24) is 20.0 Å². The fraction of sp³-hybridized carbons (Fsp3) is 0.364. The number of aryl methyl sites for hydroxylation is 1. The molecule has 0 saturated heterocycles. The first-order chi connectivity index (χ1) is 13.9. The van der Waals surface area contributed by atoms with E-state index in [1.165, 1.54) is 0 Å². The van der Waals surface area contributed by atoms with Crippen molar-refractivity contribution < 1.29 is 9.32 Å². The molecule has 0 unspecified atom stereocenters. The number of carbonyl (C=O) groups excluding carboxylic acids is 1. The Morgan fingerprint density at radius 1 is 1.24 bits per heavy atom. The van der Waals surface area contributed by atoms with Gasteiger partial charge in [-0.1, -0.05) is 11.2 Å². The smallest absolute Gasteiger partial charge is 0.274 e. The highest BCUT2D eigenvalue weighted by molar-refractivity contribution is 6.42. The molecular weight excluding hydrogens is 366 g/mol. The molecule has 7 nitrogen and oxygen atoms in total. The van der Waals surface area contributed by atoms with E-state index in [1.54, 1.807) is 6.92 Å². The van der Waals surface area contributed by atoms with Crippen molar-refractivity contribution in [2.45, 2.75) is 33.1 Å². The zero-order valence-electron chi connectivity index (χ0n) is 17.2. The van der Waals surface area contributed by atoms with Crippen LogP contribution in [0.15, 0.2) is 39.4 Å². The van der Waals surface area contributed by atoms with Crippen LogP contribution in [0.25, 0.3) is 28.2 Å². The van der Waals surface area contributed by atoms with Crippen molar-refractivity contribution in [3.8, 4) is 11.6 Å². The Hall–Kier alpha value is -3.06. The molecule has 3 aromatic rings. The SMILES string of the molecule is CC1=C(c2ccc3[nH]c(-c4nc(C)no4)cc3c2)N=C(C(=O)CCCN(C)C)C1. The Bertz CT molecular complexity index is 1130. The molecule has 1 N–H and O–H groups in total. The number of hydrogen-bond donors (Lipinski definition) is 1. The number of Topliss-reactive ketones (excluding diaryl/α,β-unsaturated/α-hetero) is 1. The minimum absolute atomic E-state index is 0.151. The lowest BCUT2D eigenvalue weighted by Gasteiger charge is -2.08. The van der Waals surface area contributed by atoms with Gasteiger partial charge in [0.2, 0.25) is 0 Å². The molecule has 0 radical (unpaired) electrons. The molecule has 29 heavy (non-hydrogen) atoms. The molecule has 150 valence electrons. The first kappa shape index (κ1) is 19.3. The zero-order chi connectivity index (χ0) is 20.5. The van der Waals surface area contributed by atoms with Crippen LogP contribution in [0.1, 0.15) is 37.6 Å². The molecule has 3 heterocycles. The van der Waals surface area contributed by atoms with Gasteiger partial charge in [-0.05, 0) is 64.7 Å². The van der Waals surface area contributed by atoms with Crippen molar-refractivity contribution in [2.75, 3.05) is 20.6 Å². The number of aromatic nitrogens is 3. The predicted molar refractivity (Wildman–Crippen MR) is 114 cm³/mol. The number of benzene rings is 1. The average molecular weight is 391 g/mol. The second kappa shape index (κ2) is 7.75. The summed E-state index contributed by atoms with van der Waals surface area (Å²) in [4.78, 5) is 26.9. The minimum Gasteiger partial charge on any atom is -0.351 e. The number of nitrogens with zero attached hydrogens (tertiary/aromatic N) is 4. The standard InChI is InChI=1S/C22H25N5O2/c1-13-10-18(20(28)6-5-9-27(3)4)25-21(13)15-7-8-17-16(11-15)12-19(24-17)22-23-14(2)26-29-22/h7-8,11-12,24H,5-6,9-10H2,1-4H3. The maximum absolute atomic E-state index is 12.5. The van der Waals surface area contributed by atoms with Crippen molar-refractivity contribution >= 4 is 28.1 Å². The average Bonchev–Trinajstić information content (AvgIpc) is 3.38. The van der Waals surface area contributed by atoms with Gasteiger partial charge in [0.1, 0.15) is 5.69 Å². The Morgan fingerprint density at radius 2 is 2.07 bits per heavy atom. The lowest BCUT2D eigenvalue weighted by atomic mass is 10.0. The Morgan fingerprint density at radius 3 is 2.79 bits per heavy atom. The fourth-order valence-electron chi connectivity index (χ4n) is 3.58. The van der Waals surface area contributed by atoms with Crippen LogP contribution in [0, 0.1) is 6.92 Å². The third-order valence-corrected chi connectivity index (χ3v) is 5.07. The minimum atomic E-state index is 0.151. The van der Waals surface area contributed by atoms with Crippen LogP contribution in [0.3, 0.4) is 0 Å². The summed E-state index contributed by atoms with van der Waals surface area (Å²) >= 11 is 0. The van der Waals surface area contributed by atoms with E-state index in [-0.39, 0.29) is 5.78 Å². The van der Waals surface area contributed by atoms with Crippen molar-refractivity contribution in [3.05, 3.63) is 41.2 Å². The summed E-state index contributed by atoms with van der Waals surface area (Å²) in [6, 6.07) is 8.13. The molecule has 4 rings (SSSR count). The van der Waals surface area contributed by atoms with E-state index in [0.29, 0.717) is 30.3 Å². The molecule has 2 aromatic heterocycles. The molecule has 0 aliphatic carbocycles. The van der Waals surface area contributed by atoms with Gasteiger partial charge in [-0.2, -0.15) is 4.98 Å². The molecule has 0 atom stereocenters. The first-order valence-electron chi connectivity index (χ1n) is 9.80. The number of hydrogen-bond acceptors (Lipinski definition) is 6. The number of allylic oxidation sites excluding steroid dienone is 1. The number of aromatic amines is 1. The summed E-state index contributed by atoms with van der Waals surface area (Å²) in [5.41, 5.74) is 5.49. The van der Waals surface area contributed by atoms with Crippen LogP contribution in [0.4, 0.5) is 0 Å². The molecule has 1 aliphatic heterocycles. The largest absolute Gasteiger partial charge is 0.351 e. The number of nitrogens with one attached hydrogen (secondary N) is 1. The molecule has 0 fully saturated rings. The molecule has 1 aliphatic rings. The number of fused-ring (bicyclic) bond motifs is 1. The maximum Gasteiger partial charge on any atom is 0.274 e. The summed E-state index contributed by atoms with van der Waals surface area (Å²) in [5.74, 6) is 1.22. The van der Waals surface area contributed by atoms with Gasteiger partial charge in [-0.25, -0.2) is 4.99 Å². The fourth-order valence-corrected chi connectivity index (χ4v) is 3.58. The van der Waals surface area contributed by atoms with E-state index in [1.807, 2.05) is 39.2 Å². The van der Waals surface area contributed by atoms with Crippen LogP contribution in [-0.2, 0) is 4.79 Å². The molecule has 0 spiro atoms. The summed E-state index contributed by atoms with van der Waals surface area (Å²) in [6.07, 6.45) is 2.03. The number of rotatable bonds is 7. The zero-order valence-corrected chi connectivity index (χ0v) is 17.2. The highest BCUT2D eigenvalue weighted by Gasteiger charge is 2.21. The summed E-state index contributed by atoms with van der Waals surface area (Å²) < 4.78 is 5.25. The quantitative estimate of drug-likeness (QED) is 0.657. The van der Waals surface area contributed by atoms with Gasteiger partial charge in [0.05, 0.1) is 11.4 Å². The molecule has 0 bridgehead atoms. The Balaban J connectivity index is 1.56. The summed E-state index contributed by atoms with van der Waals surface area (Å²) in [6.45, 7) is 4.75. The van der Waals surface area contributed by atoms with Gasteiger partial charge in [0.25, 0.3) is 5.89 Å². The van der Waals surface area contributed by atoms with Crippen molar-refractivity contribution in [3.63, 3.8) is 0 Å². The second-order valence-corrected chi connectivity index (χ2v) is 7.83. The van der Waals surface area contributed by atoms with Gasteiger partial charge < -0.3 is 14.4 Å². The molecule has 0 saturated carbocycles. The predicted octanol–water partition coefficient (Wildman–Crippen LogP) is 4.01. The number of ketones is 1. The van der Waals surface area contributed by atoms with E-state index in [4.69, 9.17) is 9.52 Å². The molecule has 7 heteroatoms. The highest BCUT2D eigenvalue weighted by atomic mass is 16.5. The topological polar surface area (TPSA) is 87.4 Å². The normalized spacial score (nSPS) is 14.3. The Labute approximate surface area is 169 Å². The number of aliphatic imine (C=N–C) groups is 1. The lowest BCUT2D eigenvalue weighted by molar-refractivity contribution is -0.113. The van der Waals surface area contributed by atoms with Crippen LogP contribution < -0.4 is 0 Å². The molecule has 0 amide bonds. The van der Waals surface area contributed by atoms with Crippen LogP contribution >= 0.6 is 0 Å². The van der Waals surface area contributed by atoms with Gasteiger partial charge >= 0.3 is 0 Å². The molecule has 1 aromatic carbocycles. The first-order valence-corrected chi connectivity index (χ1v) is 9.80. The second-order valence-electron chi connectivity index (χ2n) is 7.83. The van der Waals surface area contributed by atoms with E-state index in [2.05, 4.69) is 26.1 Å². The van der Waals surface area contributed by atoms with Gasteiger partial charge in [-0.15, -0.1) is 0 Å². The van der Waals surface area contributed by atoms with E-state index in [0.717, 1.165) is 46.4 Å². The molecular formula is C22H25N5O2. The van der Waals surface area contributed by atoms with Gasteiger partial charge in [0, 0.05) is 29.3 Å². The van der Waals surface area contributed by atoms with E-state index < -0.39 is 0 Å². The highest BCUT2D eigenvalue weighted by Crippen LogP contribution is 2.32. The maximum atomic E-state index is 12.5.